The topological polar surface area (TPSA) is 76.5 Å². The quantitative estimate of drug-likeness (QED) is 0.749. The van der Waals surface area contributed by atoms with Gasteiger partial charge in [-0.15, -0.1) is 0 Å². The Morgan fingerprint density at radius 2 is 1.65 bits per heavy atom. The number of carbonyl (C=O) groups excluding carboxylic acids is 1. The molecule has 0 amide bonds. The lowest BCUT2D eigenvalue weighted by Gasteiger charge is -2.14. The molecule has 0 saturated carbocycles. The van der Waals surface area contributed by atoms with Crippen molar-refractivity contribution in [2.24, 2.45) is 0 Å². The first-order valence-electron chi connectivity index (χ1n) is 6.98. The van der Waals surface area contributed by atoms with Crippen LogP contribution >= 0.6 is 0 Å². The van der Waals surface area contributed by atoms with E-state index in [4.69, 9.17) is 4.74 Å². The van der Waals surface area contributed by atoms with E-state index in [2.05, 4.69) is 4.98 Å². The number of pyridine rings is 1. The van der Waals surface area contributed by atoms with Crippen LogP contribution in [0.2, 0.25) is 0 Å². The first-order chi connectivity index (χ1) is 11.1. The van der Waals surface area contributed by atoms with E-state index in [0.29, 0.717) is 22.2 Å². The van der Waals surface area contributed by atoms with Crippen LogP contribution in [0.1, 0.15) is 17.3 Å². The molecule has 0 aliphatic heterocycles. The molecule has 0 aliphatic carbocycles. The van der Waals surface area contributed by atoms with E-state index in [9.17, 15) is 14.7 Å². The number of carboxylic acids is 1. The van der Waals surface area contributed by atoms with Crippen molar-refractivity contribution in [1.29, 1.82) is 0 Å². The Kier molecular flexibility index (Phi) is 3.76. The van der Waals surface area contributed by atoms with Crippen molar-refractivity contribution in [3.63, 3.8) is 0 Å². The minimum absolute atomic E-state index is 0.0325. The first kappa shape index (κ1) is 14.7. The second-order valence-electron chi connectivity index (χ2n) is 4.95. The van der Waals surface area contributed by atoms with Crippen LogP contribution in [0, 0.1) is 0 Å². The lowest BCUT2D eigenvalue weighted by atomic mass is 10.0. The van der Waals surface area contributed by atoms with E-state index >= 15 is 0 Å². The van der Waals surface area contributed by atoms with Crippen molar-refractivity contribution in [1.82, 2.24) is 4.98 Å². The van der Waals surface area contributed by atoms with Crippen LogP contribution in [-0.2, 0) is 4.79 Å². The average Bonchev–Trinajstić information content (AvgIpc) is 2.54. The fraction of sp³-hybridized carbons (Fsp3) is 0.0556. The summed E-state index contributed by atoms with van der Waals surface area (Å²) in [6.07, 6.45) is 0. The van der Waals surface area contributed by atoms with E-state index < -0.39 is 11.9 Å². The third-order valence-electron chi connectivity index (χ3n) is 3.35. The van der Waals surface area contributed by atoms with Gasteiger partial charge in [0.2, 0.25) is 0 Å². The lowest BCUT2D eigenvalue weighted by molar-refractivity contribution is -0.131. The van der Waals surface area contributed by atoms with Crippen LogP contribution in [0.3, 0.4) is 0 Å². The number of benzene rings is 2. The predicted molar refractivity (Wildman–Crippen MR) is 85.4 cm³/mol. The fourth-order valence-corrected chi connectivity index (χ4v) is 2.44. The highest BCUT2D eigenvalue weighted by atomic mass is 16.5. The third-order valence-corrected chi connectivity index (χ3v) is 3.35. The standard InChI is InChI=1S/C18H13NO4/c1-11(20)23-17-15(18(21)22)13-9-5-6-10-14(13)19-16(17)12-7-3-2-4-8-12/h2-10H,1H3,(H,21,22). The van der Waals surface area contributed by atoms with Gasteiger partial charge in [0.05, 0.1) is 5.52 Å². The van der Waals surface area contributed by atoms with Crippen LogP contribution in [0.5, 0.6) is 5.75 Å². The molecule has 0 saturated heterocycles. The molecule has 2 aromatic carbocycles. The molecule has 3 rings (SSSR count). The zero-order chi connectivity index (χ0) is 16.4. The molecule has 114 valence electrons. The molecule has 5 heteroatoms. The van der Waals surface area contributed by atoms with Gasteiger partial charge in [0.1, 0.15) is 11.3 Å². The number of carbonyl (C=O) groups is 2. The molecule has 1 N–H and O–H groups in total. The summed E-state index contributed by atoms with van der Waals surface area (Å²) < 4.78 is 5.22. The maximum atomic E-state index is 11.8. The Bertz CT molecular complexity index is 904. The molecule has 23 heavy (non-hydrogen) atoms. The molecule has 0 atom stereocenters. The summed E-state index contributed by atoms with van der Waals surface area (Å²) in [4.78, 5) is 27.7. The van der Waals surface area contributed by atoms with Gasteiger partial charge in [-0.2, -0.15) is 0 Å². The van der Waals surface area contributed by atoms with Crippen molar-refractivity contribution in [3.05, 3.63) is 60.2 Å². The number of para-hydroxylation sites is 1. The van der Waals surface area contributed by atoms with Gasteiger partial charge in [-0.1, -0.05) is 48.5 Å². The van der Waals surface area contributed by atoms with Crippen LogP contribution in [0.4, 0.5) is 0 Å². The Morgan fingerprint density at radius 3 is 2.30 bits per heavy atom. The average molecular weight is 307 g/mol. The zero-order valence-electron chi connectivity index (χ0n) is 12.3. The van der Waals surface area contributed by atoms with Gasteiger partial charge < -0.3 is 9.84 Å². The van der Waals surface area contributed by atoms with Gasteiger partial charge >= 0.3 is 11.9 Å². The zero-order valence-corrected chi connectivity index (χ0v) is 12.3. The summed E-state index contributed by atoms with van der Waals surface area (Å²) in [5.41, 5.74) is 1.47. The summed E-state index contributed by atoms with van der Waals surface area (Å²) in [7, 11) is 0. The summed E-state index contributed by atoms with van der Waals surface area (Å²) in [5.74, 6) is -1.80. The highest BCUT2D eigenvalue weighted by Crippen LogP contribution is 2.36. The number of hydrogen-bond donors (Lipinski definition) is 1. The van der Waals surface area contributed by atoms with E-state index in [1.807, 2.05) is 18.2 Å². The molecule has 0 spiro atoms. The largest absolute Gasteiger partial charge is 0.478 e. The van der Waals surface area contributed by atoms with Crippen molar-refractivity contribution in [3.8, 4) is 17.0 Å². The number of aromatic carboxylic acids is 1. The Morgan fingerprint density at radius 1 is 1.00 bits per heavy atom. The second-order valence-corrected chi connectivity index (χ2v) is 4.95. The number of hydrogen-bond acceptors (Lipinski definition) is 4. The molecule has 0 unspecified atom stereocenters. The molecule has 0 radical (unpaired) electrons. The molecular formula is C18H13NO4. The number of carboxylic acid groups (broad SMARTS) is 1. The Hall–Kier alpha value is -3.21. The second kappa shape index (κ2) is 5.88. The summed E-state index contributed by atoms with van der Waals surface area (Å²) in [5, 5.41) is 10.1. The van der Waals surface area contributed by atoms with Crippen molar-refractivity contribution in [2.75, 3.05) is 0 Å². The van der Waals surface area contributed by atoms with Crippen molar-refractivity contribution < 1.29 is 19.4 Å². The molecule has 5 nitrogen and oxygen atoms in total. The number of nitrogens with zero attached hydrogens (tertiary/aromatic N) is 1. The Labute approximate surface area is 132 Å². The smallest absolute Gasteiger partial charge is 0.340 e. The van der Waals surface area contributed by atoms with E-state index in [1.165, 1.54) is 6.92 Å². The lowest BCUT2D eigenvalue weighted by Crippen LogP contribution is -2.10. The van der Waals surface area contributed by atoms with Gasteiger partial charge in [0.25, 0.3) is 0 Å². The predicted octanol–water partition coefficient (Wildman–Crippen LogP) is 3.53. The summed E-state index contributed by atoms with van der Waals surface area (Å²) in [6.45, 7) is 1.23. The molecule has 0 aliphatic rings. The van der Waals surface area contributed by atoms with Gasteiger partial charge in [0.15, 0.2) is 5.75 Å². The van der Waals surface area contributed by atoms with Gasteiger partial charge in [0, 0.05) is 17.9 Å². The normalized spacial score (nSPS) is 10.5. The number of ether oxygens (including phenoxy) is 1. The van der Waals surface area contributed by atoms with Crippen molar-refractivity contribution in [2.45, 2.75) is 6.92 Å². The minimum Gasteiger partial charge on any atom is -0.478 e. The highest BCUT2D eigenvalue weighted by Gasteiger charge is 2.23. The summed E-state index contributed by atoms with van der Waals surface area (Å²) >= 11 is 0. The van der Waals surface area contributed by atoms with E-state index in [1.54, 1.807) is 36.4 Å². The Balaban J connectivity index is 2.42. The van der Waals surface area contributed by atoms with E-state index in [-0.39, 0.29) is 11.3 Å². The number of fused-ring (bicyclic) bond motifs is 1. The molecule has 0 bridgehead atoms. The van der Waals surface area contributed by atoms with Crippen LogP contribution in [-0.4, -0.2) is 22.0 Å². The molecule has 1 heterocycles. The van der Waals surface area contributed by atoms with Gasteiger partial charge in [-0.3, -0.25) is 4.79 Å². The maximum absolute atomic E-state index is 11.8. The molecule has 0 fully saturated rings. The summed E-state index contributed by atoms with van der Waals surface area (Å²) in [6, 6.07) is 15.9. The first-order valence-corrected chi connectivity index (χ1v) is 6.98. The number of esters is 1. The van der Waals surface area contributed by atoms with Crippen molar-refractivity contribution >= 4 is 22.8 Å². The minimum atomic E-state index is -1.17. The maximum Gasteiger partial charge on any atom is 0.340 e. The third kappa shape index (κ3) is 2.76. The van der Waals surface area contributed by atoms with Crippen LogP contribution < -0.4 is 4.74 Å². The van der Waals surface area contributed by atoms with Gasteiger partial charge in [-0.25, -0.2) is 9.78 Å². The highest BCUT2D eigenvalue weighted by molar-refractivity contribution is 6.07. The number of aromatic nitrogens is 1. The SMILES string of the molecule is CC(=O)Oc1c(-c2ccccc2)nc2ccccc2c1C(=O)O. The molecule has 1 aromatic heterocycles. The monoisotopic (exact) mass is 307 g/mol. The van der Waals surface area contributed by atoms with E-state index in [0.717, 1.165) is 0 Å². The fourth-order valence-electron chi connectivity index (χ4n) is 2.44. The number of rotatable bonds is 3. The van der Waals surface area contributed by atoms with Gasteiger partial charge in [-0.05, 0) is 6.07 Å². The molecular weight excluding hydrogens is 294 g/mol. The van der Waals surface area contributed by atoms with Crippen LogP contribution in [0.25, 0.3) is 22.2 Å². The van der Waals surface area contributed by atoms with Crippen LogP contribution in [0.15, 0.2) is 54.6 Å². The molecule has 3 aromatic rings.